The van der Waals surface area contributed by atoms with Gasteiger partial charge in [0.05, 0.1) is 11.2 Å². The first-order valence-corrected chi connectivity index (χ1v) is 5.81. The van der Waals surface area contributed by atoms with E-state index < -0.39 is 0 Å². The summed E-state index contributed by atoms with van der Waals surface area (Å²) in [4.78, 5) is 8.40. The number of nitrogens with two attached hydrogens (primary N) is 1. The Morgan fingerprint density at radius 1 is 1.38 bits per heavy atom. The van der Waals surface area contributed by atoms with E-state index in [2.05, 4.69) is 9.97 Å². The molecular formula is C11H9N3OS. The molecule has 0 radical (unpaired) electrons. The van der Waals surface area contributed by atoms with Gasteiger partial charge in [-0.25, -0.2) is 4.98 Å². The first kappa shape index (κ1) is 9.47. The van der Waals surface area contributed by atoms with Crippen LogP contribution in [0.5, 0.6) is 0 Å². The van der Waals surface area contributed by atoms with E-state index in [1.165, 1.54) is 0 Å². The highest BCUT2D eigenvalue weighted by atomic mass is 32.2. The summed E-state index contributed by atoms with van der Waals surface area (Å²) in [5.74, 6) is 1.45. The molecule has 0 fully saturated rings. The Morgan fingerprint density at radius 2 is 2.31 bits per heavy atom. The molecule has 16 heavy (non-hydrogen) atoms. The molecule has 0 amide bonds. The fourth-order valence-electron chi connectivity index (χ4n) is 1.49. The van der Waals surface area contributed by atoms with Crippen molar-refractivity contribution in [3.8, 4) is 0 Å². The van der Waals surface area contributed by atoms with Crippen molar-refractivity contribution >= 4 is 28.4 Å². The van der Waals surface area contributed by atoms with Crippen molar-refractivity contribution in [2.45, 2.75) is 0 Å². The summed E-state index contributed by atoms with van der Waals surface area (Å²) in [6.07, 6.45) is 7.20. The first-order valence-electron chi connectivity index (χ1n) is 4.83. The van der Waals surface area contributed by atoms with Gasteiger partial charge in [-0.05, 0) is 12.1 Å². The predicted octanol–water partition coefficient (Wildman–Crippen LogP) is 2.15. The van der Waals surface area contributed by atoms with Crippen LogP contribution >= 0.6 is 11.8 Å². The van der Waals surface area contributed by atoms with E-state index in [1.807, 2.05) is 18.2 Å². The molecule has 2 aromatic rings. The van der Waals surface area contributed by atoms with Gasteiger partial charge in [0.15, 0.2) is 5.58 Å². The van der Waals surface area contributed by atoms with E-state index in [4.69, 9.17) is 10.2 Å². The lowest BCUT2D eigenvalue weighted by Crippen LogP contribution is -1.99. The normalized spacial score (nSPS) is 16.0. The molecule has 0 unspecified atom stereocenters. The zero-order valence-electron chi connectivity index (χ0n) is 8.38. The maximum absolute atomic E-state index is 5.67. The van der Waals surface area contributed by atoms with Gasteiger partial charge in [0.25, 0.3) is 0 Å². The Labute approximate surface area is 96.2 Å². The van der Waals surface area contributed by atoms with E-state index in [0.717, 1.165) is 21.9 Å². The van der Waals surface area contributed by atoms with Gasteiger partial charge in [-0.15, -0.1) is 11.8 Å². The minimum absolute atomic E-state index is 0.652. The third-order valence-corrected chi connectivity index (χ3v) is 3.23. The van der Waals surface area contributed by atoms with Crippen LogP contribution in [0.25, 0.3) is 16.7 Å². The van der Waals surface area contributed by atoms with Crippen molar-refractivity contribution in [1.29, 1.82) is 0 Å². The summed E-state index contributed by atoms with van der Waals surface area (Å²) in [6, 6.07) is 1.84. The van der Waals surface area contributed by atoms with Gasteiger partial charge in [0.1, 0.15) is 5.52 Å². The summed E-state index contributed by atoms with van der Waals surface area (Å²) in [5, 5.41) is 0.821. The van der Waals surface area contributed by atoms with Crippen LogP contribution in [0.2, 0.25) is 0 Å². The quantitative estimate of drug-likeness (QED) is 0.814. The molecule has 5 heteroatoms. The second kappa shape index (κ2) is 3.68. The van der Waals surface area contributed by atoms with Gasteiger partial charge in [0, 0.05) is 17.5 Å². The van der Waals surface area contributed by atoms with E-state index in [9.17, 15) is 0 Å². The van der Waals surface area contributed by atoms with Crippen molar-refractivity contribution in [2.75, 3.05) is 5.75 Å². The van der Waals surface area contributed by atoms with Crippen molar-refractivity contribution < 1.29 is 4.42 Å². The minimum Gasteiger partial charge on any atom is -0.435 e. The van der Waals surface area contributed by atoms with E-state index >= 15 is 0 Å². The Hall–Kier alpha value is -1.75. The molecule has 0 bridgehead atoms. The molecule has 4 nitrogen and oxygen atoms in total. The van der Waals surface area contributed by atoms with Gasteiger partial charge in [-0.1, -0.05) is 6.08 Å². The first-order chi connectivity index (χ1) is 7.83. The third kappa shape index (κ3) is 1.59. The number of fused-ring (bicyclic) bond motifs is 1. The van der Waals surface area contributed by atoms with E-state index in [0.29, 0.717) is 11.5 Å². The molecule has 3 heterocycles. The average Bonchev–Trinajstić information content (AvgIpc) is 2.73. The molecule has 0 saturated carbocycles. The lowest BCUT2D eigenvalue weighted by atomic mass is 10.2. The average molecular weight is 231 g/mol. The maximum Gasteiger partial charge on any atom is 0.224 e. The molecule has 0 saturated heterocycles. The highest BCUT2D eigenvalue weighted by molar-refractivity contribution is 8.03. The van der Waals surface area contributed by atoms with Crippen LogP contribution in [0.1, 0.15) is 5.89 Å². The fraction of sp³-hybridized carbons (Fsp3) is 0.0909. The Bertz CT molecular complexity index is 567. The number of rotatable bonds is 1. The molecular weight excluding hydrogens is 222 g/mol. The summed E-state index contributed by atoms with van der Waals surface area (Å²) >= 11 is 1.59. The van der Waals surface area contributed by atoms with Crippen LogP contribution in [-0.2, 0) is 0 Å². The molecule has 3 rings (SSSR count). The van der Waals surface area contributed by atoms with Crippen molar-refractivity contribution in [3.63, 3.8) is 0 Å². The molecule has 1 aliphatic rings. The minimum atomic E-state index is 0.652. The van der Waals surface area contributed by atoms with Gasteiger partial charge < -0.3 is 10.2 Å². The number of aromatic nitrogens is 2. The monoisotopic (exact) mass is 231 g/mol. The van der Waals surface area contributed by atoms with Gasteiger partial charge in [0.2, 0.25) is 5.89 Å². The number of allylic oxidation sites excluding steroid dienone is 2. The number of hydrogen-bond acceptors (Lipinski definition) is 5. The third-order valence-electron chi connectivity index (χ3n) is 2.31. The number of hydrogen-bond donors (Lipinski definition) is 1. The Balaban J connectivity index is 2.07. The number of thioether (sulfide) groups is 1. The second-order valence-corrected chi connectivity index (χ2v) is 4.46. The van der Waals surface area contributed by atoms with Gasteiger partial charge in [-0.2, -0.15) is 0 Å². The molecule has 0 spiro atoms. The fourth-order valence-corrected chi connectivity index (χ4v) is 2.20. The smallest absolute Gasteiger partial charge is 0.224 e. The zero-order chi connectivity index (χ0) is 11.0. The van der Waals surface area contributed by atoms with Crippen LogP contribution < -0.4 is 5.73 Å². The van der Waals surface area contributed by atoms with Crippen LogP contribution in [0.15, 0.2) is 40.1 Å². The highest BCUT2D eigenvalue weighted by Crippen LogP contribution is 2.28. The van der Waals surface area contributed by atoms with Gasteiger partial charge in [-0.3, -0.25) is 4.98 Å². The Morgan fingerprint density at radius 3 is 3.06 bits per heavy atom. The molecule has 2 N–H and O–H groups in total. The van der Waals surface area contributed by atoms with E-state index in [1.54, 1.807) is 24.2 Å². The summed E-state index contributed by atoms with van der Waals surface area (Å²) < 4.78 is 5.62. The van der Waals surface area contributed by atoms with Crippen molar-refractivity contribution in [2.24, 2.45) is 5.73 Å². The van der Waals surface area contributed by atoms with Gasteiger partial charge >= 0.3 is 0 Å². The second-order valence-electron chi connectivity index (χ2n) is 3.41. The highest BCUT2D eigenvalue weighted by Gasteiger charge is 2.13. The molecule has 80 valence electrons. The molecule has 2 aromatic heterocycles. The maximum atomic E-state index is 5.67. The largest absolute Gasteiger partial charge is 0.435 e. The lowest BCUT2D eigenvalue weighted by Gasteiger charge is -2.07. The van der Waals surface area contributed by atoms with E-state index in [-0.39, 0.29) is 0 Å². The van der Waals surface area contributed by atoms with Crippen molar-refractivity contribution in [1.82, 2.24) is 9.97 Å². The van der Waals surface area contributed by atoms with Crippen LogP contribution in [-0.4, -0.2) is 15.7 Å². The molecule has 0 atom stereocenters. The number of pyridine rings is 1. The number of nitrogens with zero attached hydrogens (tertiary/aromatic N) is 2. The van der Waals surface area contributed by atoms with Crippen LogP contribution in [0.4, 0.5) is 0 Å². The molecule has 0 aromatic carbocycles. The summed E-state index contributed by atoms with van der Waals surface area (Å²) in [7, 11) is 0. The van der Waals surface area contributed by atoms with Crippen LogP contribution in [0.3, 0.4) is 0 Å². The lowest BCUT2D eigenvalue weighted by molar-refractivity contribution is 0.583. The molecule has 0 aliphatic carbocycles. The summed E-state index contributed by atoms with van der Waals surface area (Å²) in [6.45, 7) is 0. The van der Waals surface area contributed by atoms with Crippen LogP contribution in [0, 0.1) is 0 Å². The predicted molar refractivity (Wildman–Crippen MR) is 64.5 cm³/mol. The molecule has 1 aliphatic heterocycles. The Kier molecular flexibility index (Phi) is 2.18. The zero-order valence-corrected chi connectivity index (χ0v) is 9.20. The van der Waals surface area contributed by atoms with Crippen molar-refractivity contribution in [3.05, 3.63) is 41.5 Å². The topological polar surface area (TPSA) is 64.9 Å². The standard InChI is InChI=1S/C11H9N3OS/c12-10-2-1-7(6-16-10)11-14-8-3-4-13-5-9(8)15-11/h1-5H,6,12H2. The summed E-state index contributed by atoms with van der Waals surface area (Å²) in [5.41, 5.74) is 8.27. The SMILES string of the molecule is NC1=CC=C(c2nc3ccncc3o2)CS1. The number of oxazole rings is 1.